The smallest absolute Gasteiger partial charge is 0.366 e. The Labute approximate surface area is 251 Å². The Morgan fingerprint density at radius 1 is 0.977 bits per heavy atom. The van der Waals surface area contributed by atoms with E-state index < -0.39 is 96.6 Å². The van der Waals surface area contributed by atoms with Gasteiger partial charge in [-0.15, -0.1) is 0 Å². The van der Waals surface area contributed by atoms with E-state index in [1.165, 1.54) is 24.3 Å². The Bertz CT molecular complexity index is 1250. The van der Waals surface area contributed by atoms with Crippen LogP contribution in [-0.4, -0.2) is 90.6 Å². The molecule has 242 valence electrons. The molecule has 1 aliphatic rings. The normalized spacial score (nSPS) is 22.4. The van der Waals surface area contributed by atoms with Crippen LogP contribution in [0.15, 0.2) is 24.3 Å². The van der Waals surface area contributed by atoms with Crippen LogP contribution in [0.2, 0.25) is 0 Å². The molecule has 0 unspecified atom stereocenters. The number of nitro benzene ring substituents is 1. The molecule has 6 atom stereocenters. The van der Waals surface area contributed by atoms with Crippen molar-refractivity contribution in [2.45, 2.75) is 83.9 Å². The van der Waals surface area contributed by atoms with E-state index in [1.807, 2.05) is 0 Å². The SMILES string of the molecule is COC(=O)[C@@]1(OCc2ccc([N+](=O)[O-])cc2)C[C@H](OC(C)=O)[C@@H](NC(C)=O)[C@H]([C@H](OC(C)=O)[C@@H](COC(C)=O)OC(C)=O)O1. The summed E-state index contributed by atoms with van der Waals surface area (Å²) in [5, 5.41) is 13.6. The zero-order valence-electron chi connectivity index (χ0n) is 24.9. The number of hydrogen-bond acceptors (Lipinski definition) is 15. The number of methoxy groups -OCH3 is 1. The Balaban J connectivity index is 2.70. The summed E-state index contributed by atoms with van der Waals surface area (Å²) in [5.41, 5.74) is 0.156. The number of carbonyl (C=O) groups excluding carboxylic acids is 6. The molecule has 17 heteroatoms. The molecule has 1 N–H and O–H groups in total. The molecule has 0 aromatic heterocycles. The lowest BCUT2D eigenvalue weighted by atomic mass is 9.88. The molecule has 1 fully saturated rings. The zero-order valence-corrected chi connectivity index (χ0v) is 24.9. The van der Waals surface area contributed by atoms with Crippen molar-refractivity contribution in [1.29, 1.82) is 0 Å². The van der Waals surface area contributed by atoms with Crippen molar-refractivity contribution in [2.24, 2.45) is 0 Å². The molecule has 1 aromatic carbocycles. The van der Waals surface area contributed by atoms with Gasteiger partial charge < -0.3 is 38.5 Å². The van der Waals surface area contributed by atoms with Gasteiger partial charge in [-0.1, -0.05) is 0 Å². The van der Waals surface area contributed by atoms with Crippen LogP contribution >= 0.6 is 0 Å². The monoisotopic (exact) mass is 626 g/mol. The molecular formula is C27H34N2O15. The van der Waals surface area contributed by atoms with Gasteiger partial charge in [0.1, 0.15) is 18.8 Å². The Morgan fingerprint density at radius 3 is 2.07 bits per heavy atom. The number of nitrogens with zero attached hydrogens (tertiary/aromatic N) is 1. The third-order valence-corrected chi connectivity index (χ3v) is 6.11. The Hall–Kier alpha value is -4.64. The average Bonchev–Trinajstić information content (AvgIpc) is 2.93. The summed E-state index contributed by atoms with van der Waals surface area (Å²) >= 11 is 0. The predicted octanol–water partition coefficient (Wildman–Crippen LogP) is 0.633. The van der Waals surface area contributed by atoms with Crippen LogP contribution in [0.4, 0.5) is 5.69 Å². The average molecular weight is 627 g/mol. The molecule has 0 spiro atoms. The van der Waals surface area contributed by atoms with Crippen LogP contribution in [0, 0.1) is 10.1 Å². The van der Waals surface area contributed by atoms with Crippen LogP contribution in [0.25, 0.3) is 0 Å². The minimum atomic E-state index is -2.41. The maximum atomic E-state index is 13.3. The van der Waals surface area contributed by atoms with Crippen molar-refractivity contribution in [3.63, 3.8) is 0 Å². The van der Waals surface area contributed by atoms with Gasteiger partial charge in [0.2, 0.25) is 5.91 Å². The lowest BCUT2D eigenvalue weighted by molar-refractivity contribution is -0.384. The van der Waals surface area contributed by atoms with Crippen LogP contribution < -0.4 is 5.32 Å². The molecule has 17 nitrogen and oxygen atoms in total. The molecule has 0 aliphatic carbocycles. The number of benzene rings is 1. The highest BCUT2D eigenvalue weighted by Gasteiger charge is 2.59. The van der Waals surface area contributed by atoms with Crippen LogP contribution in [0.1, 0.15) is 46.6 Å². The topological polar surface area (TPSA) is 222 Å². The molecular weight excluding hydrogens is 592 g/mol. The van der Waals surface area contributed by atoms with E-state index in [2.05, 4.69) is 5.32 Å². The second-order valence-corrected chi connectivity index (χ2v) is 9.64. The molecule has 1 saturated heterocycles. The summed E-state index contributed by atoms with van der Waals surface area (Å²) in [6.45, 7) is 4.29. The second-order valence-electron chi connectivity index (χ2n) is 9.64. The third kappa shape index (κ3) is 9.98. The molecule has 0 radical (unpaired) electrons. The highest BCUT2D eigenvalue weighted by Crippen LogP contribution is 2.37. The number of rotatable bonds is 13. The summed E-state index contributed by atoms with van der Waals surface area (Å²) < 4.78 is 38.2. The number of nitrogens with one attached hydrogen (secondary N) is 1. The van der Waals surface area contributed by atoms with E-state index in [1.54, 1.807) is 0 Å². The molecule has 1 aromatic rings. The summed E-state index contributed by atoms with van der Waals surface area (Å²) in [5.74, 6) is -7.60. The van der Waals surface area contributed by atoms with Crippen molar-refractivity contribution in [3.05, 3.63) is 39.9 Å². The standard InChI is InChI=1S/C27H34N2O15/c1-14(30)28-23-21(41-16(3)32)11-27(26(35)38-6,40-12-19-7-9-20(10-8-19)29(36)37)44-25(23)24(43-18(5)34)22(42-17(4)33)13-39-15(2)31/h7-10,21-25H,11-13H2,1-6H3,(H,28,30)/t21-,22+,23+,24+,25+,27+/m0/s1. The van der Waals surface area contributed by atoms with Crippen LogP contribution in [-0.2, 0) is 68.5 Å². The number of carbonyl (C=O) groups is 6. The fraction of sp³-hybridized carbons (Fsp3) is 0.556. The minimum Gasteiger partial charge on any atom is -0.465 e. The van der Waals surface area contributed by atoms with Crippen molar-refractivity contribution in [3.8, 4) is 0 Å². The van der Waals surface area contributed by atoms with Gasteiger partial charge in [-0.3, -0.25) is 34.1 Å². The predicted molar refractivity (Wildman–Crippen MR) is 143 cm³/mol. The Kier molecular flexibility index (Phi) is 12.7. The molecule has 0 bridgehead atoms. The van der Waals surface area contributed by atoms with Crippen molar-refractivity contribution < 1.29 is 66.8 Å². The van der Waals surface area contributed by atoms with Crippen molar-refractivity contribution in [1.82, 2.24) is 5.32 Å². The van der Waals surface area contributed by atoms with Crippen LogP contribution in [0.3, 0.4) is 0 Å². The fourth-order valence-electron chi connectivity index (χ4n) is 4.46. The van der Waals surface area contributed by atoms with Gasteiger partial charge in [0.15, 0.2) is 12.2 Å². The number of esters is 5. The quantitative estimate of drug-likeness (QED) is 0.137. The summed E-state index contributed by atoms with van der Waals surface area (Å²) in [6, 6.07) is 3.79. The van der Waals surface area contributed by atoms with Gasteiger partial charge in [0.05, 0.1) is 31.1 Å². The van der Waals surface area contributed by atoms with E-state index in [0.29, 0.717) is 5.56 Å². The number of ether oxygens (including phenoxy) is 7. The van der Waals surface area contributed by atoms with Crippen LogP contribution in [0.5, 0.6) is 0 Å². The van der Waals surface area contributed by atoms with E-state index >= 15 is 0 Å². The molecule has 1 aliphatic heterocycles. The van der Waals surface area contributed by atoms with Gasteiger partial charge in [-0.2, -0.15) is 0 Å². The highest BCUT2D eigenvalue weighted by atomic mass is 16.7. The first-order chi connectivity index (χ1) is 20.6. The lowest BCUT2D eigenvalue weighted by Crippen LogP contribution is -2.69. The first-order valence-electron chi connectivity index (χ1n) is 13.1. The van der Waals surface area contributed by atoms with Gasteiger partial charge in [-0.25, -0.2) is 4.79 Å². The van der Waals surface area contributed by atoms with E-state index in [-0.39, 0.29) is 5.69 Å². The number of nitro groups is 1. The van der Waals surface area contributed by atoms with E-state index in [9.17, 15) is 38.9 Å². The fourth-order valence-corrected chi connectivity index (χ4v) is 4.46. The number of non-ortho nitro benzene ring substituents is 1. The molecule has 44 heavy (non-hydrogen) atoms. The molecule has 1 amide bonds. The van der Waals surface area contributed by atoms with Gasteiger partial charge in [0.25, 0.3) is 11.5 Å². The highest BCUT2D eigenvalue weighted by molar-refractivity contribution is 5.79. The van der Waals surface area contributed by atoms with Crippen molar-refractivity contribution in [2.75, 3.05) is 13.7 Å². The maximum Gasteiger partial charge on any atom is 0.366 e. The largest absolute Gasteiger partial charge is 0.465 e. The number of amides is 1. The van der Waals surface area contributed by atoms with Crippen molar-refractivity contribution >= 4 is 41.4 Å². The van der Waals surface area contributed by atoms with Gasteiger partial charge in [0, 0.05) is 46.8 Å². The lowest BCUT2D eigenvalue weighted by Gasteiger charge is -2.48. The summed E-state index contributed by atoms with van der Waals surface area (Å²) in [7, 11) is 1.02. The first kappa shape index (κ1) is 35.6. The first-order valence-corrected chi connectivity index (χ1v) is 13.1. The number of hydrogen-bond donors (Lipinski definition) is 1. The minimum absolute atomic E-state index is 0.202. The summed E-state index contributed by atoms with van der Waals surface area (Å²) in [6.07, 6.45) is -6.86. The maximum absolute atomic E-state index is 13.3. The second kappa shape index (κ2) is 15.7. The molecule has 2 rings (SSSR count). The summed E-state index contributed by atoms with van der Waals surface area (Å²) in [4.78, 5) is 84.1. The van der Waals surface area contributed by atoms with Gasteiger partial charge in [-0.05, 0) is 17.7 Å². The molecule has 1 heterocycles. The van der Waals surface area contributed by atoms with E-state index in [4.69, 9.17) is 33.2 Å². The molecule has 0 saturated carbocycles. The third-order valence-electron chi connectivity index (χ3n) is 6.11. The Morgan fingerprint density at radius 2 is 1.59 bits per heavy atom. The zero-order chi connectivity index (χ0) is 33.2. The van der Waals surface area contributed by atoms with Gasteiger partial charge >= 0.3 is 29.8 Å². The van der Waals surface area contributed by atoms with E-state index in [0.717, 1.165) is 41.7 Å².